The number of nitrogens with zero attached hydrogens (tertiary/aromatic N) is 5. The maximum absolute atomic E-state index is 12.8. The van der Waals surface area contributed by atoms with Crippen molar-refractivity contribution in [2.75, 3.05) is 37.4 Å². The van der Waals surface area contributed by atoms with Crippen molar-refractivity contribution >= 4 is 45.0 Å². The summed E-state index contributed by atoms with van der Waals surface area (Å²) in [6.07, 6.45) is 4.96. The van der Waals surface area contributed by atoms with Crippen molar-refractivity contribution in [3.05, 3.63) is 39.4 Å². The van der Waals surface area contributed by atoms with Crippen LogP contribution >= 0.6 is 11.3 Å². The minimum Gasteiger partial charge on any atom is -0.492 e. The van der Waals surface area contributed by atoms with Gasteiger partial charge in [-0.3, -0.25) is 0 Å². The average molecular weight is 492 g/mol. The van der Waals surface area contributed by atoms with Crippen molar-refractivity contribution < 1.29 is 9.50 Å². The van der Waals surface area contributed by atoms with Crippen molar-refractivity contribution in [2.45, 2.75) is 32.2 Å². The molecule has 5 rings (SSSR count). The molecule has 1 aliphatic heterocycles. The Bertz CT molecular complexity index is 1340. The molecule has 2 aromatic heterocycles. The number of anilines is 3. The van der Waals surface area contributed by atoms with Gasteiger partial charge in [0.05, 0.1) is 29.7 Å². The van der Waals surface area contributed by atoms with Crippen LogP contribution in [0.5, 0.6) is 5.75 Å². The molecule has 1 unspecified atom stereocenters. The number of aromatic nitrogens is 2. The lowest BCUT2D eigenvalue weighted by Crippen LogP contribution is -2.50. The number of aryl methyl sites for hydroxylation is 1. The van der Waals surface area contributed by atoms with Gasteiger partial charge in [0, 0.05) is 64.0 Å². The Labute approximate surface area is 206 Å². The van der Waals surface area contributed by atoms with Gasteiger partial charge in [-0.2, -0.15) is 5.26 Å². The largest absolute Gasteiger partial charge is 0.492 e. The standard InChI is InChI=1S/C24H27N8O2S/c1-2-34-20-7-18(27)15(9-26)5-19(20)30-23-22-17-4-3-16(6-21(17)35-24(22)29-12-28-23)32(33)13-31-10-14(8-25)11-31/h5,7,9,12,14,16,26H,2-4,6,10-11,13,27H2,1H3,(H,28,29,30)/q+1. The summed E-state index contributed by atoms with van der Waals surface area (Å²) in [7, 11) is 0. The van der Waals surface area contributed by atoms with Gasteiger partial charge < -0.3 is 21.2 Å². The molecule has 10 nitrogen and oxygen atoms in total. The van der Waals surface area contributed by atoms with Crippen LogP contribution < -0.4 is 15.8 Å². The minimum absolute atomic E-state index is 0.0489. The number of ether oxygens (including phenoxy) is 1. The number of thiophene rings is 1. The number of likely N-dealkylation sites (tertiary alicyclic amines) is 1. The molecule has 180 valence electrons. The molecule has 3 heterocycles. The van der Waals surface area contributed by atoms with E-state index in [2.05, 4.69) is 21.4 Å². The van der Waals surface area contributed by atoms with Crippen LogP contribution in [0.1, 0.15) is 29.3 Å². The van der Waals surface area contributed by atoms with E-state index in [9.17, 15) is 4.91 Å². The predicted molar refractivity (Wildman–Crippen MR) is 136 cm³/mol. The third-order valence-corrected chi connectivity index (χ3v) is 7.76. The zero-order chi connectivity index (χ0) is 24.5. The van der Waals surface area contributed by atoms with Gasteiger partial charge in [0.25, 0.3) is 0 Å². The van der Waals surface area contributed by atoms with Crippen LogP contribution in [-0.4, -0.2) is 58.2 Å². The molecule has 3 aromatic rings. The van der Waals surface area contributed by atoms with E-state index in [1.54, 1.807) is 23.5 Å². The molecule has 1 saturated heterocycles. The number of rotatable bonds is 8. The highest BCUT2D eigenvalue weighted by Gasteiger charge is 2.37. The summed E-state index contributed by atoms with van der Waals surface area (Å²) < 4.78 is 6.95. The number of nitriles is 1. The lowest BCUT2D eigenvalue weighted by atomic mass is 9.92. The number of nitrogen functional groups attached to an aromatic ring is 1. The normalized spacial score (nSPS) is 17.9. The molecule has 0 bridgehead atoms. The van der Waals surface area contributed by atoms with Crippen molar-refractivity contribution in [1.82, 2.24) is 14.9 Å². The number of fused-ring (bicyclic) bond motifs is 3. The summed E-state index contributed by atoms with van der Waals surface area (Å²) in [6, 6.07) is 5.67. The van der Waals surface area contributed by atoms with Gasteiger partial charge in [-0.1, -0.05) is 0 Å². The van der Waals surface area contributed by atoms with Crippen LogP contribution in [0.4, 0.5) is 17.2 Å². The monoisotopic (exact) mass is 491 g/mol. The molecule has 0 radical (unpaired) electrons. The summed E-state index contributed by atoms with van der Waals surface area (Å²) >= 11 is 1.61. The third-order valence-electron chi connectivity index (χ3n) is 6.60. The topological polar surface area (TPSA) is 144 Å². The molecular formula is C24H27N8O2S+. The van der Waals surface area contributed by atoms with Crippen LogP contribution in [0.15, 0.2) is 18.5 Å². The average Bonchev–Trinajstić information content (AvgIpc) is 3.21. The second-order valence-electron chi connectivity index (χ2n) is 8.90. The Hall–Kier alpha value is -3.62. The van der Waals surface area contributed by atoms with Gasteiger partial charge in [0.1, 0.15) is 22.7 Å². The van der Waals surface area contributed by atoms with Gasteiger partial charge in [-0.25, -0.2) is 14.9 Å². The molecule has 35 heavy (non-hydrogen) atoms. The zero-order valence-electron chi connectivity index (χ0n) is 19.5. The maximum Gasteiger partial charge on any atom is 0.248 e. The first-order valence-corrected chi connectivity index (χ1v) is 12.5. The number of nitroso groups, excluding NO2 is 1. The Balaban J connectivity index is 1.40. The fraction of sp³-hybridized carbons (Fsp3) is 0.417. The SMILES string of the molecule is CCOc1cc(N)c(C=N)cc1Nc1ncnc2sc3c(c12)CCC([N+](=O)CN1CC(C#N)C1)C3. The summed E-state index contributed by atoms with van der Waals surface area (Å²) in [6.45, 7) is 4.09. The summed E-state index contributed by atoms with van der Waals surface area (Å²) in [4.78, 5) is 25.9. The van der Waals surface area contributed by atoms with Crippen molar-refractivity contribution in [1.29, 1.82) is 10.7 Å². The molecule has 0 spiro atoms. The number of benzene rings is 1. The van der Waals surface area contributed by atoms with Crippen molar-refractivity contribution in [3.8, 4) is 11.8 Å². The molecular weight excluding hydrogens is 464 g/mol. The first kappa shape index (κ1) is 23.1. The van der Waals surface area contributed by atoms with Crippen LogP contribution in [-0.2, 0) is 12.8 Å². The highest BCUT2D eigenvalue weighted by Crippen LogP contribution is 2.41. The van der Waals surface area contributed by atoms with Crippen LogP contribution in [0, 0.1) is 27.6 Å². The maximum atomic E-state index is 12.8. The Morgan fingerprint density at radius 1 is 1.43 bits per heavy atom. The van der Waals surface area contributed by atoms with E-state index >= 15 is 0 Å². The molecule has 0 saturated carbocycles. The summed E-state index contributed by atoms with van der Waals surface area (Å²) in [5.41, 5.74) is 8.99. The quantitative estimate of drug-likeness (QED) is 0.247. The van der Waals surface area contributed by atoms with Gasteiger partial charge in [-0.05, 0) is 25.0 Å². The minimum atomic E-state index is -0.0853. The fourth-order valence-corrected chi connectivity index (χ4v) is 6.01. The van der Waals surface area contributed by atoms with E-state index < -0.39 is 0 Å². The van der Waals surface area contributed by atoms with E-state index in [0.717, 1.165) is 23.1 Å². The Kier molecular flexibility index (Phi) is 6.32. The summed E-state index contributed by atoms with van der Waals surface area (Å²) in [5, 5.41) is 21.0. The van der Waals surface area contributed by atoms with Crippen LogP contribution in [0.3, 0.4) is 0 Å². The molecule has 1 aliphatic carbocycles. The second kappa shape index (κ2) is 9.56. The first-order valence-electron chi connectivity index (χ1n) is 11.7. The van der Waals surface area contributed by atoms with Crippen molar-refractivity contribution in [3.63, 3.8) is 0 Å². The fourth-order valence-electron chi connectivity index (χ4n) is 4.75. The second-order valence-corrected chi connectivity index (χ2v) is 9.99. The predicted octanol–water partition coefficient (Wildman–Crippen LogP) is 3.46. The van der Waals surface area contributed by atoms with E-state index in [1.807, 2.05) is 11.8 Å². The van der Waals surface area contributed by atoms with Gasteiger partial charge in [0.2, 0.25) is 12.7 Å². The van der Waals surface area contributed by atoms with Gasteiger partial charge >= 0.3 is 0 Å². The Morgan fingerprint density at radius 2 is 2.26 bits per heavy atom. The van der Waals surface area contributed by atoms with E-state index in [0.29, 0.717) is 61.3 Å². The highest BCUT2D eigenvalue weighted by molar-refractivity contribution is 7.19. The van der Waals surface area contributed by atoms with E-state index in [4.69, 9.17) is 21.1 Å². The van der Waals surface area contributed by atoms with Gasteiger partial charge in [-0.15, -0.1) is 11.3 Å². The molecule has 11 heteroatoms. The van der Waals surface area contributed by atoms with Gasteiger partial charge in [0.15, 0.2) is 0 Å². The molecule has 4 N–H and O–H groups in total. The number of nitrogens with one attached hydrogen (secondary N) is 2. The number of nitrogens with two attached hydrogens (primary N) is 1. The highest BCUT2D eigenvalue weighted by atomic mass is 32.1. The molecule has 2 aliphatic rings. The van der Waals surface area contributed by atoms with E-state index in [-0.39, 0.29) is 12.0 Å². The van der Waals surface area contributed by atoms with E-state index in [1.165, 1.54) is 27.7 Å². The number of hydrogen-bond acceptors (Lipinski definition) is 10. The molecule has 1 atom stereocenters. The smallest absolute Gasteiger partial charge is 0.248 e. The zero-order valence-corrected chi connectivity index (χ0v) is 20.3. The number of hydrogen-bond donors (Lipinski definition) is 3. The van der Waals surface area contributed by atoms with Crippen molar-refractivity contribution in [2.24, 2.45) is 5.92 Å². The van der Waals surface area contributed by atoms with Crippen LogP contribution in [0.25, 0.3) is 10.2 Å². The molecule has 1 fully saturated rings. The third kappa shape index (κ3) is 4.42. The molecule has 1 aromatic carbocycles. The first-order chi connectivity index (χ1) is 17.0. The summed E-state index contributed by atoms with van der Waals surface area (Å²) in [5.74, 6) is 1.32. The van der Waals surface area contributed by atoms with Crippen LogP contribution in [0.2, 0.25) is 0 Å². The lowest BCUT2D eigenvalue weighted by Gasteiger charge is -2.32. The molecule has 0 amide bonds. The Morgan fingerprint density at radius 3 is 3.00 bits per heavy atom. The lowest BCUT2D eigenvalue weighted by molar-refractivity contribution is -0.607.